The molecule has 0 spiro atoms. The second-order valence-corrected chi connectivity index (χ2v) is 6.63. The fourth-order valence-electron chi connectivity index (χ4n) is 3.35. The first-order chi connectivity index (χ1) is 12.0. The lowest BCUT2D eigenvalue weighted by Crippen LogP contribution is -2.38. The SMILES string of the molecule is O=c1cc(CN(Cc2cccc(O)c2)C2CCC(O)CC2)occ1O. The molecule has 25 heavy (non-hydrogen) atoms. The Hall–Kier alpha value is -2.31. The van der Waals surface area contributed by atoms with E-state index in [-0.39, 0.29) is 17.9 Å². The van der Waals surface area contributed by atoms with Gasteiger partial charge in [-0.05, 0) is 43.4 Å². The lowest BCUT2D eigenvalue weighted by molar-refractivity contribution is 0.0629. The molecule has 0 unspecified atom stereocenters. The highest BCUT2D eigenvalue weighted by Gasteiger charge is 2.26. The molecule has 0 amide bonds. The van der Waals surface area contributed by atoms with Crippen molar-refractivity contribution >= 4 is 0 Å². The minimum atomic E-state index is -0.461. The summed E-state index contributed by atoms with van der Waals surface area (Å²) in [6, 6.07) is 8.65. The molecule has 1 fully saturated rings. The predicted molar refractivity (Wildman–Crippen MR) is 92.3 cm³/mol. The van der Waals surface area contributed by atoms with E-state index in [1.165, 1.54) is 6.07 Å². The summed E-state index contributed by atoms with van der Waals surface area (Å²) in [7, 11) is 0. The van der Waals surface area contributed by atoms with Gasteiger partial charge in [0.15, 0.2) is 5.75 Å². The molecule has 1 aliphatic rings. The topological polar surface area (TPSA) is 94.1 Å². The van der Waals surface area contributed by atoms with E-state index in [2.05, 4.69) is 4.90 Å². The monoisotopic (exact) mass is 345 g/mol. The van der Waals surface area contributed by atoms with Gasteiger partial charge in [0.05, 0.1) is 12.6 Å². The smallest absolute Gasteiger partial charge is 0.226 e. The molecule has 1 saturated carbocycles. The van der Waals surface area contributed by atoms with Gasteiger partial charge in [-0.2, -0.15) is 0 Å². The quantitative estimate of drug-likeness (QED) is 0.770. The highest BCUT2D eigenvalue weighted by molar-refractivity contribution is 5.27. The number of benzene rings is 1. The number of rotatable bonds is 5. The van der Waals surface area contributed by atoms with E-state index < -0.39 is 11.2 Å². The van der Waals surface area contributed by atoms with E-state index in [1.54, 1.807) is 18.2 Å². The van der Waals surface area contributed by atoms with Gasteiger partial charge in [-0.1, -0.05) is 12.1 Å². The van der Waals surface area contributed by atoms with E-state index in [1.807, 2.05) is 6.07 Å². The van der Waals surface area contributed by atoms with Crippen LogP contribution in [0.15, 0.2) is 45.8 Å². The molecule has 3 N–H and O–H groups in total. The maximum Gasteiger partial charge on any atom is 0.226 e. The van der Waals surface area contributed by atoms with Crippen molar-refractivity contribution in [3.05, 3.63) is 58.1 Å². The molecular formula is C19H23NO5. The zero-order valence-electron chi connectivity index (χ0n) is 14.0. The summed E-state index contributed by atoms with van der Waals surface area (Å²) in [5.41, 5.74) is 0.505. The largest absolute Gasteiger partial charge is 0.508 e. The van der Waals surface area contributed by atoms with Gasteiger partial charge in [0.1, 0.15) is 17.8 Å². The summed E-state index contributed by atoms with van der Waals surface area (Å²) in [5, 5.41) is 28.8. The lowest BCUT2D eigenvalue weighted by atomic mass is 9.91. The molecule has 0 bridgehead atoms. The molecule has 0 radical (unpaired) electrons. The van der Waals surface area contributed by atoms with Crippen molar-refractivity contribution in [3.8, 4) is 11.5 Å². The fourth-order valence-corrected chi connectivity index (χ4v) is 3.35. The number of phenolic OH excluding ortho intramolecular Hbond substituents is 1. The number of nitrogens with zero attached hydrogens (tertiary/aromatic N) is 1. The van der Waals surface area contributed by atoms with Crippen molar-refractivity contribution in [2.24, 2.45) is 0 Å². The molecule has 0 atom stereocenters. The molecule has 6 nitrogen and oxygen atoms in total. The van der Waals surface area contributed by atoms with E-state index in [0.717, 1.165) is 37.5 Å². The Bertz CT molecular complexity index is 764. The molecule has 1 aliphatic carbocycles. The summed E-state index contributed by atoms with van der Waals surface area (Å²) in [4.78, 5) is 13.8. The maximum atomic E-state index is 11.6. The van der Waals surface area contributed by atoms with Gasteiger partial charge in [0.25, 0.3) is 0 Å². The van der Waals surface area contributed by atoms with Crippen LogP contribution >= 0.6 is 0 Å². The normalized spacial score (nSPS) is 20.7. The van der Waals surface area contributed by atoms with Crippen molar-refractivity contribution in [1.29, 1.82) is 0 Å². The van der Waals surface area contributed by atoms with Crippen molar-refractivity contribution in [1.82, 2.24) is 4.90 Å². The Labute approximate surface area is 146 Å². The minimum Gasteiger partial charge on any atom is -0.508 e. The predicted octanol–water partition coefficient (Wildman–Crippen LogP) is 2.36. The third-order valence-corrected chi connectivity index (χ3v) is 4.70. The van der Waals surface area contributed by atoms with E-state index in [4.69, 9.17) is 4.42 Å². The van der Waals surface area contributed by atoms with Crippen LogP contribution < -0.4 is 5.43 Å². The first kappa shape index (κ1) is 17.5. The summed E-state index contributed by atoms with van der Waals surface area (Å²) in [6.45, 7) is 1.02. The van der Waals surface area contributed by atoms with Crippen molar-refractivity contribution in [2.45, 2.75) is 50.9 Å². The highest BCUT2D eigenvalue weighted by atomic mass is 16.4. The maximum absolute atomic E-state index is 11.6. The number of aromatic hydroxyl groups is 2. The van der Waals surface area contributed by atoms with Crippen LogP contribution in [0.4, 0.5) is 0 Å². The van der Waals surface area contributed by atoms with Gasteiger partial charge < -0.3 is 19.7 Å². The van der Waals surface area contributed by atoms with Gasteiger partial charge in [-0.3, -0.25) is 9.69 Å². The van der Waals surface area contributed by atoms with Gasteiger partial charge in [0.2, 0.25) is 5.43 Å². The standard InChI is InChI=1S/C19H23NO5/c21-15-6-4-14(5-7-15)20(10-13-2-1-3-16(22)8-13)11-17-9-18(23)19(24)12-25-17/h1-3,8-9,12,14-15,21-22,24H,4-7,10-11H2. The van der Waals surface area contributed by atoms with Crippen molar-refractivity contribution in [2.75, 3.05) is 0 Å². The van der Waals surface area contributed by atoms with Crippen LogP contribution in [0.3, 0.4) is 0 Å². The first-order valence-corrected chi connectivity index (χ1v) is 8.52. The molecule has 1 aromatic heterocycles. The third kappa shape index (κ3) is 4.61. The molecule has 0 aliphatic heterocycles. The van der Waals surface area contributed by atoms with Gasteiger partial charge in [-0.15, -0.1) is 0 Å². The van der Waals surface area contributed by atoms with Crippen LogP contribution in [0.25, 0.3) is 0 Å². The number of phenols is 1. The van der Waals surface area contributed by atoms with E-state index >= 15 is 0 Å². The summed E-state index contributed by atoms with van der Waals surface area (Å²) in [5.74, 6) is 0.297. The Morgan fingerprint density at radius 1 is 1.08 bits per heavy atom. The zero-order valence-corrected chi connectivity index (χ0v) is 14.0. The van der Waals surface area contributed by atoms with E-state index in [0.29, 0.717) is 18.8 Å². The Morgan fingerprint density at radius 3 is 2.52 bits per heavy atom. The number of aliphatic hydroxyl groups excluding tert-OH is 1. The van der Waals surface area contributed by atoms with Crippen LogP contribution in [0, 0.1) is 0 Å². The summed E-state index contributed by atoms with van der Waals surface area (Å²) < 4.78 is 5.35. The average Bonchev–Trinajstić information content (AvgIpc) is 2.58. The molecule has 2 aromatic rings. The third-order valence-electron chi connectivity index (χ3n) is 4.70. The number of hydrogen-bond donors (Lipinski definition) is 3. The molecule has 3 rings (SSSR count). The van der Waals surface area contributed by atoms with Crippen LogP contribution in [-0.2, 0) is 13.1 Å². The van der Waals surface area contributed by atoms with Crippen molar-refractivity contribution < 1.29 is 19.7 Å². The Balaban J connectivity index is 1.80. The Morgan fingerprint density at radius 2 is 1.84 bits per heavy atom. The molecule has 1 heterocycles. The first-order valence-electron chi connectivity index (χ1n) is 8.52. The number of hydrogen-bond acceptors (Lipinski definition) is 6. The molecule has 0 saturated heterocycles. The number of aliphatic hydroxyl groups is 1. The van der Waals surface area contributed by atoms with Crippen molar-refractivity contribution in [3.63, 3.8) is 0 Å². The van der Waals surface area contributed by atoms with Gasteiger partial charge >= 0.3 is 0 Å². The van der Waals surface area contributed by atoms with Gasteiger partial charge in [-0.25, -0.2) is 0 Å². The Kier molecular flexibility index (Phi) is 5.40. The minimum absolute atomic E-state index is 0.215. The fraction of sp³-hybridized carbons (Fsp3) is 0.421. The second-order valence-electron chi connectivity index (χ2n) is 6.63. The zero-order chi connectivity index (χ0) is 17.8. The second kappa shape index (κ2) is 7.72. The molecule has 6 heteroatoms. The van der Waals surface area contributed by atoms with Crippen LogP contribution in [-0.4, -0.2) is 32.4 Å². The van der Waals surface area contributed by atoms with Gasteiger partial charge in [0, 0.05) is 18.7 Å². The molecule has 1 aromatic carbocycles. The average molecular weight is 345 g/mol. The molecular weight excluding hydrogens is 322 g/mol. The van der Waals surface area contributed by atoms with Crippen LogP contribution in [0.2, 0.25) is 0 Å². The lowest BCUT2D eigenvalue weighted by Gasteiger charge is -2.35. The van der Waals surface area contributed by atoms with E-state index in [9.17, 15) is 20.1 Å². The van der Waals surface area contributed by atoms with Crippen LogP contribution in [0.5, 0.6) is 11.5 Å². The highest BCUT2D eigenvalue weighted by Crippen LogP contribution is 2.26. The van der Waals surface area contributed by atoms with Crippen LogP contribution in [0.1, 0.15) is 37.0 Å². The molecule has 134 valence electrons. The summed E-state index contributed by atoms with van der Waals surface area (Å²) >= 11 is 0. The summed E-state index contributed by atoms with van der Waals surface area (Å²) in [6.07, 6.45) is 4.05.